The first-order valence-electron chi connectivity index (χ1n) is 7.67. The number of carbonyl (C=O) groups is 1. The molecule has 1 aliphatic rings. The van der Waals surface area contributed by atoms with E-state index in [0.717, 1.165) is 19.3 Å². The Morgan fingerprint density at radius 2 is 2.21 bits per heavy atom. The van der Waals surface area contributed by atoms with Crippen molar-refractivity contribution in [1.29, 1.82) is 0 Å². The summed E-state index contributed by atoms with van der Waals surface area (Å²) in [5.74, 6) is 2.53. The van der Waals surface area contributed by atoms with Gasteiger partial charge < -0.3 is 10.1 Å². The topological polar surface area (TPSA) is 38.3 Å². The molecule has 19 heavy (non-hydrogen) atoms. The maximum absolute atomic E-state index is 11.8. The van der Waals surface area contributed by atoms with E-state index in [1.807, 2.05) is 18.7 Å². The lowest BCUT2D eigenvalue weighted by Crippen LogP contribution is -2.41. The van der Waals surface area contributed by atoms with Crippen molar-refractivity contribution < 1.29 is 9.53 Å². The average Bonchev–Trinajstić information content (AvgIpc) is 2.39. The van der Waals surface area contributed by atoms with Crippen LogP contribution in [-0.4, -0.2) is 36.2 Å². The van der Waals surface area contributed by atoms with Crippen LogP contribution >= 0.6 is 11.8 Å². The molecule has 0 saturated heterocycles. The van der Waals surface area contributed by atoms with E-state index in [1.54, 1.807) is 0 Å². The van der Waals surface area contributed by atoms with Crippen LogP contribution in [0, 0.1) is 5.92 Å². The summed E-state index contributed by atoms with van der Waals surface area (Å²) in [7, 11) is 0. The molecule has 4 heteroatoms. The molecule has 3 atom stereocenters. The second-order valence-corrected chi connectivity index (χ2v) is 6.76. The van der Waals surface area contributed by atoms with Crippen LogP contribution < -0.4 is 5.32 Å². The first kappa shape index (κ1) is 16.8. The zero-order valence-corrected chi connectivity index (χ0v) is 13.4. The Morgan fingerprint density at radius 3 is 2.89 bits per heavy atom. The Morgan fingerprint density at radius 1 is 1.42 bits per heavy atom. The normalized spacial score (nSPS) is 25.0. The van der Waals surface area contributed by atoms with Gasteiger partial charge in [-0.2, -0.15) is 11.8 Å². The lowest BCUT2D eigenvalue weighted by atomic mass is 9.85. The van der Waals surface area contributed by atoms with Gasteiger partial charge in [0.15, 0.2) is 0 Å². The molecule has 0 amide bonds. The Bertz CT molecular complexity index is 261. The standard InChI is InChI=1S/C15H29NO2S/c1-4-18-15(17)13-7-6-8-14(11-13)16-12(3)9-10-19-5-2/h12-14,16H,4-11H2,1-3H3. The fourth-order valence-corrected chi connectivity index (χ4v) is 3.51. The van der Waals surface area contributed by atoms with Gasteiger partial charge >= 0.3 is 5.97 Å². The molecule has 0 spiro atoms. The number of thioether (sulfide) groups is 1. The minimum atomic E-state index is 0.00296. The van der Waals surface area contributed by atoms with Crippen molar-refractivity contribution in [2.24, 2.45) is 5.92 Å². The fraction of sp³-hybridized carbons (Fsp3) is 0.933. The summed E-state index contributed by atoms with van der Waals surface area (Å²) in [5, 5.41) is 3.68. The average molecular weight is 287 g/mol. The van der Waals surface area contributed by atoms with Gasteiger partial charge in [0.2, 0.25) is 0 Å². The molecule has 0 aromatic rings. The van der Waals surface area contributed by atoms with E-state index in [4.69, 9.17) is 4.74 Å². The zero-order valence-electron chi connectivity index (χ0n) is 12.6. The summed E-state index contributed by atoms with van der Waals surface area (Å²) in [5.41, 5.74) is 0. The molecular formula is C15H29NO2S. The van der Waals surface area contributed by atoms with Crippen molar-refractivity contribution in [3.63, 3.8) is 0 Å². The van der Waals surface area contributed by atoms with Gasteiger partial charge in [-0.15, -0.1) is 0 Å². The van der Waals surface area contributed by atoms with Crippen molar-refractivity contribution >= 4 is 17.7 Å². The number of hydrogen-bond donors (Lipinski definition) is 1. The molecule has 1 saturated carbocycles. The summed E-state index contributed by atoms with van der Waals surface area (Å²) in [6.45, 7) is 6.83. The smallest absolute Gasteiger partial charge is 0.308 e. The third-order valence-corrected chi connectivity index (χ3v) is 4.65. The third-order valence-electron chi connectivity index (χ3n) is 3.71. The number of rotatable bonds is 8. The van der Waals surface area contributed by atoms with Crippen molar-refractivity contribution in [3.8, 4) is 0 Å². The van der Waals surface area contributed by atoms with E-state index in [2.05, 4.69) is 19.2 Å². The Hall–Kier alpha value is -0.220. The van der Waals surface area contributed by atoms with Gasteiger partial charge in [-0.05, 0) is 51.0 Å². The summed E-state index contributed by atoms with van der Waals surface area (Å²) in [6.07, 6.45) is 5.49. The molecule has 0 aliphatic heterocycles. The first-order chi connectivity index (χ1) is 9.17. The molecule has 112 valence electrons. The van der Waals surface area contributed by atoms with Crippen LogP contribution in [0.4, 0.5) is 0 Å². The predicted octanol–water partition coefficient (Wildman–Crippen LogP) is 3.23. The molecule has 0 heterocycles. The van der Waals surface area contributed by atoms with Crippen LogP contribution in [0.25, 0.3) is 0 Å². The number of nitrogens with one attached hydrogen (secondary N) is 1. The Labute approximate surface area is 122 Å². The van der Waals surface area contributed by atoms with E-state index >= 15 is 0 Å². The van der Waals surface area contributed by atoms with Crippen molar-refractivity contribution in [2.45, 2.75) is 65.0 Å². The van der Waals surface area contributed by atoms with E-state index in [0.29, 0.717) is 18.7 Å². The van der Waals surface area contributed by atoms with Crippen molar-refractivity contribution in [3.05, 3.63) is 0 Å². The lowest BCUT2D eigenvalue weighted by Gasteiger charge is -2.30. The van der Waals surface area contributed by atoms with E-state index in [1.165, 1.54) is 24.3 Å². The maximum atomic E-state index is 11.8. The highest BCUT2D eigenvalue weighted by Crippen LogP contribution is 2.26. The highest BCUT2D eigenvalue weighted by Gasteiger charge is 2.28. The van der Waals surface area contributed by atoms with Gasteiger partial charge in [0, 0.05) is 12.1 Å². The van der Waals surface area contributed by atoms with Gasteiger partial charge in [0.25, 0.3) is 0 Å². The van der Waals surface area contributed by atoms with Crippen LogP contribution in [-0.2, 0) is 9.53 Å². The molecule has 1 rings (SSSR count). The van der Waals surface area contributed by atoms with Crippen LogP contribution in [0.2, 0.25) is 0 Å². The minimum Gasteiger partial charge on any atom is -0.466 e. The Kier molecular flexibility index (Phi) is 8.55. The summed E-state index contributed by atoms with van der Waals surface area (Å²) in [4.78, 5) is 11.8. The van der Waals surface area contributed by atoms with Crippen molar-refractivity contribution in [2.75, 3.05) is 18.1 Å². The van der Waals surface area contributed by atoms with Gasteiger partial charge in [0.1, 0.15) is 0 Å². The summed E-state index contributed by atoms with van der Waals surface area (Å²) < 4.78 is 5.14. The predicted molar refractivity (Wildman–Crippen MR) is 82.6 cm³/mol. The SMILES string of the molecule is CCOC(=O)C1CCCC(NC(C)CCSCC)C1. The molecule has 3 nitrogen and oxygen atoms in total. The molecule has 1 aliphatic carbocycles. The number of ether oxygens (including phenoxy) is 1. The van der Waals surface area contributed by atoms with Crippen LogP contribution in [0.1, 0.15) is 52.9 Å². The van der Waals surface area contributed by atoms with Crippen LogP contribution in [0.5, 0.6) is 0 Å². The third kappa shape index (κ3) is 6.66. The second-order valence-electron chi connectivity index (χ2n) is 5.37. The summed E-state index contributed by atoms with van der Waals surface area (Å²) in [6, 6.07) is 1.04. The molecule has 0 aromatic carbocycles. The van der Waals surface area contributed by atoms with Gasteiger partial charge in [0.05, 0.1) is 12.5 Å². The monoisotopic (exact) mass is 287 g/mol. The maximum Gasteiger partial charge on any atom is 0.308 e. The Balaban J connectivity index is 2.28. The minimum absolute atomic E-state index is 0.00296. The first-order valence-corrected chi connectivity index (χ1v) is 8.83. The molecule has 0 bridgehead atoms. The quantitative estimate of drug-likeness (QED) is 0.549. The van der Waals surface area contributed by atoms with Gasteiger partial charge in [-0.1, -0.05) is 13.3 Å². The number of carbonyl (C=O) groups excluding carboxylic acids is 1. The fourth-order valence-electron chi connectivity index (χ4n) is 2.71. The molecule has 0 radical (unpaired) electrons. The van der Waals surface area contributed by atoms with E-state index in [-0.39, 0.29) is 11.9 Å². The number of hydrogen-bond acceptors (Lipinski definition) is 4. The number of esters is 1. The molecule has 3 unspecified atom stereocenters. The second kappa shape index (κ2) is 9.65. The zero-order chi connectivity index (χ0) is 14.1. The molecular weight excluding hydrogens is 258 g/mol. The largest absolute Gasteiger partial charge is 0.466 e. The highest BCUT2D eigenvalue weighted by atomic mass is 32.2. The van der Waals surface area contributed by atoms with Crippen molar-refractivity contribution in [1.82, 2.24) is 5.32 Å². The highest BCUT2D eigenvalue weighted by molar-refractivity contribution is 7.99. The molecule has 1 fully saturated rings. The van der Waals surface area contributed by atoms with Crippen LogP contribution in [0.3, 0.4) is 0 Å². The van der Waals surface area contributed by atoms with Crippen LogP contribution in [0.15, 0.2) is 0 Å². The molecule has 0 aromatic heterocycles. The summed E-state index contributed by atoms with van der Waals surface area (Å²) >= 11 is 2.00. The van der Waals surface area contributed by atoms with E-state index in [9.17, 15) is 4.79 Å². The van der Waals surface area contributed by atoms with Gasteiger partial charge in [-0.25, -0.2) is 0 Å². The van der Waals surface area contributed by atoms with E-state index < -0.39 is 0 Å². The molecule has 1 N–H and O–H groups in total. The lowest BCUT2D eigenvalue weighted by molar-refractivity contribution is -0.149. The van der Waals surface area contributed by atoms with Gasteiger partial charge in [-0.3, -0.25) is 4.79 Å².